The van der Waals surface area contributed by atoms with Crippen molar-refractivity contribution in [2.45, 2.75) is 12.3 Å². The highest BCUT2D eigenvalue weighted by atomic mass is 35.5. The maximum absolute atomic E-state index is 11.8. The summed E-state index contributed by atoms with van der Waals surface area (Å²) in [4.78, 5) is 12.0. The minimum atomic E-state index is -0.614. The van der Waals surface area contributed by atoms with Crippen molar-refractivity contribution in [3.05, 3.63) is 29.1 Å². The average molecular weight is 241 g/mol. The van der Waals surface area contributed by atoms with E-state index in [4.69, 9.17) is 17.0 Å². The molecule has 78 valence electrons. The molecule has 0 aliphatic rings. The molecular formula is C10H9ClN2OS. The van der Waals surface area contributed by atoms with Crippen molar-refractivity contribution in [3.63, 3.8) is 0 Å². The molecule has 0 amide bonds. The number of alkyl halides is 1. The third-order valence-corrected chi connectivity index (χ3v) is 3.20. The lowest BCUT2D eigenvalue weighted by Gasteiger charge is -2.04. The summed E-state index contributed by atoms with van der Waals surface area (Å²) in [6, 6.07) is 7.44. The van der Waals surface area contributed by atoms with Crippen molar-refractivity contribution in [2.75, 3.05) is 0 Å². The number of aromatic nitrogens is 1. The van der Waals surface area contributed by atoms with Crippen LogP contribution in [0.2, 0.25) is 0 Å². The molecule has 1 heterocycles. The quantitative estimate of drug-likeness (QED) is 0.765. The van der Waals surface area contributed by atoms with Gasteiger partial charge in [-0.2, -0.15) is 0 Å². The highest BCUT2D eigenvalue weighted by molar-refractivity contribution is 7.16. The number of hydrogen-bond acceptors (Lipinski definition) is 3. The second-order valence-electron chi connectivity index (χ2n) is 3.16. The molecule has 0 aliphatic carbocycles. The molecule has 2 rings (SSSR count). The first-order valence-corrected chi connectivity index (χ1v) is 5.70. The third-order valence-electron chi connectivity index (χ3n) is 2.08. The Morgan fingerprint density at radius 3 is 2.87 bits per heavy atom. The van der Waals surface area contributed by atoms with Gasteiger partial charge in [-0.3, -0.25) is 14.8 Å². The first-order chi connectivity index (χ1) is 7.11. The molecule has 1 atom stereocenters. The van der Waals surface area contributed by atoms with Crippen LogP contribution in [0.3, 0.4) is 0 Å². The summed E-state index contributed by atoms with van der Waals surface area (Å²) < 4.78 is 2.28. The smallest absolute Gasteiger partial charge is 0.251 e. The maximum atomic E-state index is 11.8. The number of hydrogen-bond donors (Lipinski definition) is 1. The molecule has 0 saturated carbocycles. The highest BCUT2D eigenvalue weighted by Gasteiger charge is 2.16. The number of rotatable bonds is 1. The van der Waals surface area contributed by atoms with Crippen molar-refractivity contribution in [3.8, 4) is 0 Å². The minimum absolute atomic E-state index is 0.216. The molecule has 1 unspecified atom stereocenters. The monoisotopic (exact) mass is 240 g/mol. The predicted molar refractivity (Wildman–Crippen MR) is 61.6 cm³/mol. The van der Waals surface area contributed by atoms with Gasteiger partial charge in [-0.15, -0.1) is 11.6 Å². The molecule has 0 radical (unpaired) electrons. The molecule has 0 aliphatic heterocycles. The zero-order valence-electron chi connectivity index (χ0n) is 8.03. The summed E-state index contributed by atoms with van der Waals surface area (Å²) >= 11 is 7.02. The van der Waals surface area contributed by atoms with Crippen LogP contribution in [0.4, 0.5) is 0 Å². The molecule has 2 aromatic rings. The molecule has 0 saturated heterocycles. The number of nitrogens with one attached hydrogen (secondary N) is 1. The van der Waals surface area contributed by atoms with Crippen LogP contribution in [0, 0.1) is 5.41 Å². The molecule has 0 spiro atoms. The number of halogens is 1. The molecule has 1 aromatic heterocycles. The van der Waals surface area contributed by atoms with E-state index in [2.05, 4.69) is 0 Å². The standard InChI is InChI=1S/C10H9ClN2OS/c1-6(11)9(14)13-7-4-2-3-5-8(7)15-10(13)12/h2-6,12H,1H3. The van der Waals surface area contributed by atoms with Crippen molar-refractivity contribution in [2.24, 2.45) is 0 Å². The fourth-order valence-electron chi connectivity index (χ4n) is 1.38. The third kappa shape index (κ3) is 1.70. The van der Waals surface area contributed by atoms with Crippen LogP contribution in [0.15, 0.2) is 24.3 Å². The SMILES string of the molecule is CC(Cl)C(=O)n1c(=N)sc2ccccc21. The average Bonchev–Trinajstić information content (AvgIpc) is 2.52. The van der Waals surface area contributed by atoms with Crippen molar-refractivity contribution in [1.29, 1.82) is 5.41 Å². The summed E-state index contributed by atoms with van der Waals surface area (Å²) in [5.41, 5.74) is 0.755. The number of thiazole rings is 1. The number of carbonyl (C=O) groups is 1. The van der Waals surface area contributed by atoms with Gasteiger partial charge in [0, 0.05) is 0 Å². The molecule has 0 fully saturated rings. The fraction of sp³-hybridized carbons (Fsp3) is 0.200. The van der Waals surface area contributed by atoms with Gasteiger partial charge in [0.25, 0.3) is 5.91 Å². The summed E-state index contributed by atoms with van der Waals surface area (Å²) in [5, 5.41) is 7.11. The number of para-hydroxylation sites is 1. The Balaban J connectivity index is 2.75. The normalized spacial score (nSPS) is 12.9. The van der Waals surface area contributed by atoms with E-state index in [0.717, 1.165) is 10.2 Å². The molecule has 15 heavy (non-hydrogen) atoms. The van der Waals surface area contributed by atoms with Crippen LogP contribution < -0.4 is 4.80 Å². The van der Waals surface area contributed by atoms with E-state index >= 15 is 0 Å². The zero-order valence-corrected chi connectivity index (χ0v) is 9.60. The number of nitrogens with zero attached hydrogens (tertiary/aromatic N) is 1. The Hall–Kier alpha value is -1.13. The van der Waals surface area contributed by atoms with Crippen LogP contribution >= 0.6 is 22.9 Å². The van der Waals surface area contributed by atoms with Gasteiger partial charge in [0.1, 0.15) is 5.38 Å². The molecule has 3 nitrogen and oxygen atoms in total. The Bertz CT molecular complexity index is 570. The van der Waals surface area contributed by atoms with Gasteiger partial charge in [-0.1, -0.05) is 23.5 Å². The van der Waals surface area contributed by atoms with Gasteiger partial charge in [0.15, 0.2) is 4.80 Å². The number of fused-ring (bicyclic) bond motifs is 1. The largest absolute Gasteiger partial charge is 0.275 e. The fourth-order valence-corrected chi connectivity index (χ4v) is 2.38. The first kappa shape index (κ1) is 10.4. The lowest BCUT2D eigenvalue weighted by Crippen LogP contribution is -2.27. The van der Waals surface area contributed by atoms with Gasteiger partial charge in [-0.25, -0.2) is 0 Å². The van der Waals surface area contributed by atoms with Gasteiger partial charge < -0.3 is 0 Å². The Morgan fingerprint density at radius 2 is 2.20 bits per heavy atom. The summed E-state index contributed by atoms with van der Waals surface area (Å²) in [7, 11) is 0. The van der Waals surface area contributed by atoms with Crippen LogP contribution in [-0.2, 0) is 0 Å². The lowest BCUT2D eigenvalue weighted by atomic mass is 10.3. The number of benzene rings is 1. The van der Waals surface area contributed by atoms with E-state index in [1.54, 1.807) is 6.92 Å². The van der Waals surface area contributed by atoms with Crippen LogP contribution in [-0.4, -0.2) is 15.9 Å². The molecule has 1 aromatic carbocycles. The molecule has 1 N–H and O–H groups in total. The molecule has 0 bridgehead atoms. The zero-order chi connectivity index (χ0) is 11.0. The van der Waals surface area contributed by atoms with Crippen LogP contribution in [0.25, 0.3) is 10.2 Å². The Morgan fingerprint density at radius 1 is 1.53 bits per heavy atom. The summed E-state index contributed by atoms with van der Waals surface area (Å²) in [6.07, 6.45) is 0. The highest BCUT2D eigenvalue weighted by Crippen LogP contribution is 2.17. The van der Waals surface area contributed by atoms with E-state index in [9.17, 15) is 4.79 Å². The first-order valence-electron chi connectivity index (χ1n) is 4.44. The predicted octanol–water partition coefficient (Wildman–Crippen LogP) is 2.45. The topological polar surface area (TPSA) is 45.9 Å². The van der Waals surface area contributed by atoms with Crippen molar-refractivity contribution >= 4 is 39.1 Å². The minimum Gasteiger partial charge on any atom is -0.275 e. The van der Waals surface area contributed by atoms with Crippen molar-refractivity contribution < 1.29 is 4.79 Å². The maximum Gasteiger partial charge on any atom is 0.251 e. The van der Waals surface area contributed by atoms with Gasteiger partial charge in [0.2, 0.25) is 0 Å². The summed E-state index contributed by atoms with van der Waals surface area (Å²) in [5.74, 6) is -0.251. The lowest BCUT2D eigenvalue weighted by molar-refractivity contribution is 0.0914. The van der Waals surface area contributed by atoms with E-state index < -0.39 is 5.38 Å². The van der Waals surface area contributed by atoms with Gasteiger partial charge in [0.05, 0.1) is 10.2 Å². The van der Waals surface area contributed by atoms with Crippen LogP contribution in [0.5, 0.6) is 0 Å². The second-order valence-corrected chi connectivity index (χ2v) is 4.85. The van der Waals surface area contributed by atoms with Gasteiger partial charge >= 0.3 is 0 Å². The van der Waals surface area contributed by atoms with E-state index in [1.807, 2.05) is 24.3 Å². The van der Waals surface area contributed by atoms with Gasteiger partial charge in [-0.05, 0) is 19.1 Å². The second kappa shape index (κ2) is 3.79. The Labute approximate surface area is 95.4 Å². The van der Waals surface area contributed by atoms with Crippen LogP contribution in [0.1, 0.15) is 11.7 Å². The van der Waals surface area contributed by atoms with E-state index in [1.165, 1.54) is 15.9 Å². The molecule has 5 heteroatoms. The Kier molecular flexibility index (Phi) is 2.63. The number of carbonyl (C=O) groups excluding carboxylic acids is 1. The molecular weight excluding hydrogens is 232 g/mol. The van der Waals surface area contributed by atoms with E-state index in [-0.39, 0.29) is 10.7 Å². The summed E-state index contributed by atoms with van der Waals surface area (Å²) in [6.45, 7) is 1.61. The van der Waals surface area contributed by atoms with Crippen molar-refractivity contribution in [1.82, 2.24) is 4.57 Å². The van der Waals surface area contributed by atoms with E-state index in [0.29, 0.717) is 0 Å².